The molecule has 0 saturated heterocycles. The van der Waals surface area contributed by atoms with Crippen LogP contribution in [0.15, 0.2) is 97.2 Å². The molecule has 10 heteroatoms. The highest BCUT2D eigenvalue weighted by Gasteiger charge is 2.27. The summed E-state index contributed by atoms with van der Waals surface area (Å²) in [6.45, 7) is 6.70. The Morgan fingerprint density at radius 1 is 0.468 bits per heavy atom. The minimum Gasteiger partial charge on any atom is -0.756 e. The number of phosphoric ester groups is 1. The first-order valence-electron chi connectivity index (χ1n) is 31.5. The van der Waals surface area contributed by atoms with Crippen LogP contribution in [0.1, 0.15) is 265 Å². The van der Waals surface area contributed by atoms with Crippen molar-refractivity contribution in [2.75, 3.05) is 40.9 Å². The maximum Gasteiger partial charge on any atom is 0.306 e. The van der Waals surface area contributed by atoms with Crippen LogP contribution >= 0.6 is 7.82 Å². The number of ether oxygens (including phenoxy) is 1. The molecule has 1 amide bonds. The van der Waals surface area contributed by atoms with E-state index < -0.39 is 26.6 Å². The van der Waals surface area contributed by atoms with E-state index in [1.165, 1.54) is 96.3 Å². The highest BCUT2D eigenvalue weighted by molar-refractivity contribution is 7.45. The Balaban J connectivity index is 5.24. The number of nitrogens with zero attached hydrogens (tertiary/aromatic N) is 1. The number of nitrogens with one attached hydrogen (secondary N) is 1. The number of unbranched alkanes of at least 4 members (excludes halogenated alkanes) is 26. The minimum absolute atomic E-state index is 0.0317. The Morgan fingerprint density at radius 3 is 1.27 bits per heavy atom. The van der Waals surface area contributed by atoms with Gasteiger partial charge < -0.3 is 28.5 Å². The predicted octanol–water partition coefficient (Wildman–Crippen LogP) is 18.9. The summed E-state index contributed by atoms with van der Waals surface area (Å²) in [5.74, 6) is -0.579. The summed E-state index contributed by atoms with van der Waals surface area (Å²) < 4.78 is 30.3. The largest absolute Gasteiger partial charge is 0.756 e. The third-order valence-corrected chi connectivity index (χ3v) is 14.5. The van der Waals surface area contributed by atoms with Gasteiger partial charge in [0.15, 0.2) is 0 Å². The number of hydrogen-bond donors (Lipinski definition) is 1. The Hall–Kier alpha value is -3.07. The number of carbonyl (C=O) groups is 2. The normalized spacial score (nSPS) is 14.3. The van der Waals surface area contributed by atoms with Crippen molar-refractivity contribution >= 4 is 19.7 Å². The maximum atomic E-state index is 13.5. The van der Waals surface area contributed by atoms with Crippen LogP contribution < -0.4 is 10.2 Å². The van der Waals surface area contributed by atoms with Gasteiger partial charge in [0.05, 0.1) is 33.8 Å². The number of likely N-dealkylation sites (N-methyl/N-ethyl adjacent to an activating group) is 1. The van der Waals surface area contributed by atoms with Crippen molar-refractivity contribution in [3.63, 3.8) is 0 Å². The molecule has 0 radical (unpaired) electrons. The van der Waals surface area contributed by atoms with E-state index in [-0.39, 0.29) is 24.9 Å². The summed E-state index contributed by atoms with van der Waals surface area (Å²) in [5.41, 5.74) is 0. The smallest absolute Gasteiger partial charge is 0.306 e. The van der Waals surface area contributed by atoms with Gasteiger partial charge in [-0.05, 0) is 109 Å². The van der Waals surface area contributed by atoms with Gasteiger partial charge >= 0.3 is 5.97 Å². The van der Waals surface area contributed by atoms with Crippen molar-refractivity contribution in [3.05, 3.63) is 97.2 Å². The van der Waals surface area contributed by atoms with Gasteiger partial charge in [0.1, 0.15) is 19.3 Å². The first-order valence-corrected chi connectivity index (χ1v) is 33.0. The van der Waals surface area contributed by atoms with Gasteiger partial charge in [-0.25, -0.2) is 0 Å². The fraction of sp³-hybridized carbons (Fsp3) is 0.731. The molecule has 0 aliphatic heterocycles. The van der Waals surface area contributed by atoms with Gasteiger partial charge in [-0.3, -0.25) is 14.2 Å². The average Bonchev–Trinajstić information content (AvgIpc) is 3.39. The minimum atomic E-state index is -4.71. The molecule has 9 nitrogen and oxygen atoms in total. The van der Waals surface area contributed by atoms with Crippen molar-refractivity contribution in [3.8, 4) is 0 Å². The molecule has 0 spiro atoms. The lowest BCUT2D eigenvalue weighted by Crippen LogP contribution is -2.47. The summed E-state index contributed by atoms with van der Waals surface area (Å²) in [4.78, 5) is 40.0. The van der Waals surface area contributed by atoms with E-state index >= 15 is 0 Å². The number of carbonyl (C=O) groups excluding carboxylic acids is 2. The van der Waals surface area contributed by atoms with Gasteiger partial charge in [0.25, 0.3) is 7.82 Å². The van der Waals surface area contributed by atoms with Crippen LogP contribution in [0.3, 0.4) is 0 Å². The van der Waals surface area contributed by atoms with Crippen LogP contribution in [0.5, 0.6) is 0 Å². The van der Waals surface area contributed by atoms with Crippen LogP contribution in [-0.4, -0.2) is 69.4 Å². The third-order valence-electron chi connectivity index (χ3n) is 13.5. The number of hydrogen-bond acceptors (Lipinski definition) is 7. The molecule has 0 rings (SSSR count). The number of esters is 1. The van der Waals surface area contributed by atoms with Crippen molar-refractivity contribution in [1.29, 1.82) is 0 Å². The molecule has 3 atom stereocenters. The van der Waals surface area contributed by atoms with Gasteiger partial charge in [-0.15, -0.1) is 0 Å². The van der Waals surface area contributed by atoms with Crippen LogP contribution in [0, 0.1) is 0 Å². The second kappa shape index (κ2) is 56.2. The second-order valence-corrected chi connectivity index (χ2v) is 23.6. The lowest BCUT2D eigenvalue weighted by atomic mass is 10.0. The quantitative estimate of drug-likeness (QED) is 0.0212. The van der Waals surface area contributed by atoms with Crippen LogP contribution in [0.2, 0.25) is 0 Å². The fourth-order valence-electron chi connectivity index (χ4n) is 8.64. The monoisotopic (exact) mass is 1090 g/mol. The van der Waals surface area contributed by atoms with Gasteiger partial charge in [0, 0.05) is 12.8 Å². The zero-order valence-electron chi connectivity index (χ0n) is 50.6. The first-order chi connectivity index (χ1) is 37.4. The number of rotatable bonds is 56. The molecular formula is C67H119N2O7P. The van der Waals surface area contributed by atoms with Crippen molar-refractivity contribution in [2.24, 2.45) is 0 Å². The topological polar surface area (TPSA) is 114 Å². The SMILES string of the molecule is CC/C=C\C/C=C\C/C=C\C/C=C\C/C=C\C/C=C\CCCCCCCCC(=O)NC(COP(=O)([O-])OCC[N+](C)(C)C)C(/C=C\CCCCCCCCCCCCC)OC(=O)CCCCC/C=C\CCCCCCCC. The van der Waals surface area contributed by atoms with E-state index in [9.17, 15) is 19.0 Å². The van der Waals surface area contributed by atoms with E-state index in [0.717, 1.165) is 122 Å². The summed E-state index contributed by atoms with van der Waals surface area (Å²) >= 11 is 0. The number of phosphoric acid groups is 1. The molecule has 1 N–H and O–H groups in total. The molecule has 0 heterocycles. The maximum absolute atomic E-state index is 13.5. The van der Waals surface area contributed by atoms with Gasteiger partial charge in [-0.2, -0.15) is 0 Å². The highest BCUT2D eigenvalue weighted by atomic mass is 31.2. The standard InChI is InChI=1S/C67H119N2O7P/c1-7-10-13-16-19-22-25-28-29-30-31-32-33-34-35-36-37-38-39-42-44-47-50-53-56-59-66(70)68-64(63-75-77(72,73)74-62-61-69(4,5)6)65(58-55-52-49-46-43-40-26-23-20-17-14-11-8-2)76-67(71)60-57-54-51-48-45-41-27-24-21-18-15-12-9-3/h10,13,19,22,28-29,31-32,34-35,37-38,41,45,55,58,64-65H,7-9,11-12,14-18,20-21,23-27,30,33,36,39-40,42-44,46-54,56-57,59-63H2,1-6H3,(H-,68,70,72,73)/b13-10-,22-19-,29-28-,32-31-,35-34-,38-37-,45-41-,58-55-. The summed E-state index contributed by atoms with van der Waals surface area (Å²) in [7, 11) is 1.16. The molecule has 0 aliphatic rings. The molecule has 77 heavy (non-hydrogen) atoms. The van der Waals surface area contributed by atoms with Gasteiger partial charge in [-0.1, -0.05) is 240 Å². The molecule has 3 unspecified atom stereocenters. The third kappa shape index (κ3) is 57.4. The van der Waals surface area contributed by atoms with Crippen molar-refractivity contribution in [1.82, 2.24) is 5.32 Å². The van der Waals surface area contributed by atoms with Crippen LogP contribution in [0.4, 0.5) is 0 Å². The second-order valence-electron chi connectivity index (χ2n) is 22.2. The van der Waals surface area contributed by atoms with E-state index in [2.05, 4.69) is 111 Å². The molecular weight excluding hydrogens is 976 g/mol. The molecule has 0 fully saturated rings. The molecule has 0 bridgehead atoms. The Labute approximate surface area is 475 Å². The Morgan fingerprint density at radius 2 is 0.831 bits per heavy atom. The Bertz CT molecular complexity index is 1640. The van der Waals surface area contributed by atoms with E-state index in [1.807, 2.05) is 33.3 Å². The van der Waals surface area contributed by atoms with Gasteiger partial charge in [0.2, 0.25) is 5.91 Å². The molecule has 0 saturated carbocycles. The summed E-state index contributed by atoms with van der Waals surface area (Å²) in [5, 5.41) is 3.02. The van der Waals surface area contributed by atoms with Crippen LogP contribution in [-0.2, 0) is 27.9 Å². The summed E-state index contributed by atoms with van der Waals surface area (Å²) in [6.07, 6.45) is 75.2. The zero-order valence-corrected chi connectivity index (χ0v) is 51.5. The molecule has 0 aromatic carbocycles. The highest BCUT2D eigenvalue weighted by Crippen LogP contribution is 2.38. The van der Waals surface area contributed by atoms with Crippen LogP contribution in [0.25, 0.3) is 0 Å². The number of amides is 1. The van der Waals surface area contributed by atoms with Crippen molar-refractivity contribution in [2.45, 2.75) is 277 Å². The van der Waals surface area contributed by atoms with Crippen molar-refractivity contribution < 1.29 is 37.3 Å². The lowest BCUT2D eigenvalue weighted by molar-refractivity contribution is -0.870. The summed E-state index contributed by atoms with van der Waals surface area (Å²) in [6, 6.07) is -0.907. The van der Waals surface area contributed by atoms with E-state index in [0.29, 0.717) is 30.3 Å². The molecule has 444 valence electrons. The fourth-order valence-corrected chi connectivity index (χ4v) is 9.36. The molecule has 0 aromatic rings. The first kappa shape index (κ1) is 73.9. The van der Waals surface area contributed by atoms with E-state index in [4.69, 9.17) is 13.8 Å². The molecule has 0 aromatic heterocycles. The lowest BCUT2D eigenvalue weighted by Gasteiger charge is -2.30. The van der Waals surface area contributed by atoms with E-state index in [1.54, 1.807) is 0 Å². The molecule has 0 aliphatic carbocycles. The predicted molar refractivity (Wildman–Crippen MR) is 330 cm³/mol. The Kier molecular flexibility index (Phi) is 54.0. The zero-order chi connectivity index (χ0) is 56.4. The number of quaternary nitrogens is 1. The average molecular weight is 1100 g/mol. The number of allylic oxidation sites excluding steroid dienone is 15.